The van der Waals surface area contributed by atoms with Crippen LogP contribution >= 0.6 is 11.3 Å². The molecule has 0 aliphatic carbocycles. The van der Waals surface area contributed by atoms with Gasteiger partial charge in [-0.15, -0.1) is 11.3 Å². The Bertz CT molecular complexity index is 671. The van der Waals surface area contributed by atoms with Gasteiger partial charge >= 0.3 is 0 Å². The molecule has 0 unspecified atom stereocenters. The first kappa shape index (κ1) is 13.3. The van der Waals surface area contributed by atoms with Gasteiger partial charge in [-0.1, -0.05) is 19.1 Å². The Morgan fingerprint density at radius 1 is 1.35 bits per heavy atom. The number of rotatable bonds is 5. The van der Waals surface area contributed by atoms with E-state index in [1.54, 1.807) is 11.3 Å². The molecular weight excluding hydrogens is 270 g/mol. The fourth-order valence-electron chi connectivity index (χ4n) is 2.09. The number of benzene rings is 1. The van der Waals surface area contributed by atoms with Crippen LogP contribution in [0, 0.1) is 6.92 Å². The zero-order valence-electron chi connectivity index (χ0n) is 11.6. The van der Waals surface area contributed by atoms with Crippen LogP contribution in [0.2, 0.25) is 0 Å². The van der Waals surface area contributed by atoms with E-state index in [9.17, 15) is 0 Å². The zero-order valence-corrected chi connectivity index (χ0v) is 12.4. The van der Waals surface area contributed by atoms with Crippen molar-refractivity contribution in [1.82, 2.24) is 15.3 Å². The van der Waals surface area contributed by atoms with Crippen molar-refractivity contribution in [2.75, 3.05) is 6.54 Å². The number of fused-ring (bicyclic) bond motifs is 1. The van der Waals surface area contributed by atoms with Crippen molar-refractivity contribution in [3.63, 3.8) is 0 Å². The largest absolute Gasteiger partial charge is 0.440 e. The summed E-state index contributed by atoms with van der Waals surface area (Å²) in [5.74, 6) is 1.04. The Labute approximate surface area is 121 Å². The highest BCUT2D eigenvalue weighted by molar-refractivity contribution is 7.09. The third kappa shape index (κ3) is 2.73. The van der Waals surface area contributed by atoms with Crippen LogP contribution in [0.3, 0.4) is 0 Å². The van der Waals surface area contributed by atoms with Crippen LogP contribution in [0.1, 0.15) is 29.3 Å². The second-order valence-corrected chi connectivity index (χ2v) is 5.85. The smallest absolute Gasteiger partial charge is 0.199 e. The van der Waals surface area contributed by atoms with Gasteiger partial charge in [-0.2, -0.15) is 0 Å². The standard InChI is InChI=1S/C15H17N3OS/c1-10(7-16-8-14-11(2)17-9-20-14)15-18-12-5-3-4-6-13(12)19-15/h3-6,9-10,16H,7-8H2,1-2H3/t10-/m0/s1. The predicted octanol–water partition coefficient (Wildman–Crippen LogP) is 3.49. The average Bonchev–Trinajstić information content (AvgIpc) is 3.05. The number of nitrogens with one attached hydrogen (secondary N) is 1. The monoisotopic (exact) mass is 287 g/mol. The summed E-state index contributed by atoms with van der Waals surface area (Å²) in [6.07, 6.45) is 0. The van der Waals surface area contributed by atoms with E-state index >= 15 is 0 Å². The zero-order chi connectivity index (χ0) is 13.9. The third-order valence-electron chi connectivity index (χ3n) is 3.31. The second-order valence-electron chi connectivity index (χ2n) is 4.91. The lowest BCUT2D eigenvalue weighted by Crippen LogP contribution is -2.19. The van der Waals surface area contributed by atoms with Gasteiger partial charge in [-0.05, 0) is 19.1 Å². The van der Waals surface area contributed by atoms with E-state index in [4.69, 9.17) is 4.42 Å². The number of para-hydroxylation sites is 2. The van der Waals surface area contributed by atoms with Gasteiger partial charge in [0.25, 0.3) is 0 Å². The summed E-state index contributed by atoms with van der Waals surface area (Å²) >= 11 is 1.69. The lowest BCUT2D eigenvalue weighted by molar-refractivity contribution is 0.466. The molecule has 2 aromatic heterocycles. The Morgan fingerprint density at radius 3 is 2.95 bits per heavy atom. The van der Waals surface area contributed by atoms with Crippen molar-refractivity contribution in [3.05, 3.63) is 46.2 Å². The molecule has 0 saturated heterocycles. The molecule has 0 aliphatic heterocycles. The first-order valence-corrected chi connectivity index (χ1v) is 7.57. The van der Waals surface area contributed by atoms with Crippen molar-refractivity contribution in [2.45, 2.75) is 26.3 Å². The summed E-state index contributed by atoms with van der Waals surface area (Å²) in [5.41, 5.74) is 4.77. The van der Waals surface area contributed by atoms with Gasteiger partial charge in [0, 0.05) is 23.9 Å². The summed E-state index contributed by atoms with van der Waals surface area (Å²) in [4.78, 5) is 10.1. The maximum atomic E-state index is 5.78. The van der Waals surface area contributed by atoms with Crippen molar-refractivity contribution in [1.29, 1.82) is 0 Å². The minimum Gasteiger partial charge on any atom is -0.440 e. The van der Waals surface area contributed by atoms with Crippen LogP contribution in [0.25, 0.3) is 11.1 Å². The number of oxazole rings is 1. The second kappa shape index (κ2) is 5.73. The van der Waals surface area contributed by atoms with Crippen LogP contribution in [0.4, 0.5) is 0 Å². The molecule has 2 heterocycles. The van der Waals surface area contributed by atoms with Crippen molar-refractivity contribution in [2.24, 2.45) is 0 Å². The Kier molecular flexibility index (Phi) is 3.80. The van der Waals surface area contributed by atoms with Gasteiger partial charge < -0.3 is 9.73 Å². The van der Waals surface area contributed by atoms with Crippen LogP contribution < -0.4 is 5.32 Å². The SMILES string of the molecule is Cc1ncsc1CNC[C@H](C)c1nc2ccccc2o1. The van der Waals surface area contributed by atoms with E-state index in [1.165, 1.54) is 4.88 Å². The maximum Gasteiger partial charge on any atom is 0.199 e. The molecule has 0 spiro atoms. The highest BCUT2D eigenvalue weighted by Crippen LogP contribution is 2.21. The van der Waals surface area contributed by atoms with E-state index in [0.717, 1.165) is 35.8 Å². The lowest BCUT2D eigenvalue weighted by Gasteiger charge is -2.08. The summed E-state index contributed by atoms with van der Waals surface area (Å²) in [6, 6.07) is 7.87. The number of thiazole rings is 1. The molecule has 0 radical (unpaired) electrons. The minimum atomic E-state index is 0.246. The molecule has 5 heteroatoms. The van der Waals surface area contributed by atoms with E-state index in [2.05, 4.69) is 22.2 Å². The van der Waals surface area contributed by atoms with Gasteiger partial charge in [0.05, 0.1) is 11.2 Å². The normalized spacial score (nSPS) is 12.9. The van der Waals surface area contributed by atoms with Crippen LogP contribution in [-0.2, 0) is 6.54 Å². The van der Waals surface area contributed by atoms with Gasteiger partial charge in [0.1, 0.15) is 5.52 Å². The molecule has 3 rings (SSSR count). The molecule has 3 aromatic rings. The summed E-state index contributed by atoms with van der Waals surface area (Å²) in [7, 11) is 0. The van der Waals surface area contributed by atoms with Gasteiger partial charge in [0.2, 0.25) is 0 Å². The quantitative estimate of drug-likeness (QED) is 0.780. The minimum absolute atomic E-state index is 0.246. The van der Waals surface area contributed by atoms with E-state index in [-0.39, 0.29) is 5.92 Å². The first-order chi connectivity index (χ1) is 9.74. The van der Waals surface area contributed by atoms with Gasteiger partial charge in [0.15, 0.2) is 11.5 Å². The molecule has 4 nitrogen and oxygen atoms in total. The molecule has 0 fully saturated rings. The topological polar surface area (TPSA) is 51.0 Å². The Morgan fingerprint density at radius 2 is 2.20 bits per heavy atom. The van der Waals surface area contributed by atoms with Gasteiger partial charge in [-0.3, -0.25) is 0 Å². The van der Waals surface area contributed by atoms with Crippen LogP contribution in [0.5, 0.6) is 0 Å². The highest BCUT2D eigenvalue weighted by atomic mass is 32.1. The molecule has 0 aliphatic rings. The molecule has 0 amide bonds. The number of aryl methyl sites for hydroxylation is 1. The molecular formula is C15H17N3OS. The Balaban J connectivity index is 1.61. The molecule has 0 saturated carbocycles. The fraction of sp³-hybridized carbons (Fsp3) is 0.333. The molecule has 1 atom stereocenters. The van der Waals surface area contributed by atoms with Crippen LogP contribution in [-0.4, -0.2) is 16.5 Å². The summed E-state index contributed by atoms with van der Waals surface area (Å²) in [6.45, 7) is 5.85. The number of nitrogens with zero attached hydrogens (tertiary/aromatic N) is 2. The molecule has 1 N–H and O–H groups in total. The van der Waals surface area contributed by atoms with Crippen molar-refractivity contribution < 1.29 is 4.42 Å². The number of hydrogen-bond donors (Lipinski definition) is 1. The fourth-order valence-corrected chi connectivity index (χ4v) is 2.83. The van der Waals surface area contributed by atoms with Crippen molar-refractivity contribution in [3.8, 4) is 0 Å². The van der Waals surface area contributed by atoms with Crippen molar-refractivity contribution >= 4 is 22.4 Å². The summed E-state index contributed by atoms with van der Waals surface area (Å²) < 4.78 is 5.78. The third-order valence-corrected chi connectivity index (χ3v) is 4.25. The van der Waals surface area contributed by atoms with E-state index in [0.29, 0.717) is 0 Å². The predicted molar refractivity (Wildman–Crippen MR) is 81.0 cm³/mol. The van der Waals surface area contributed by atoms with Gasteiger partial charge in [-0.25, -0.2) is 9.97 Å². The molecule has 20 heavy (non-hydrogen) atoms. The molecule has 0 bridgehead atoms. The van der Waals surface area contributed by atoms with E-state index < -0.39 is 0 Å². The molecule has 104 valence electrons. The first-order valence-electron chi connectivity index (χ1n) is 6.69. The molecule has 1 aromatic carbocycles. The maximum absolute atomic E-state index is 5.78. The Hall–Kier alpha value is -1.72. The summed E-state index contributed by atoms with van der Waals surface area (Å²) in [5, 5.41) is 3.44. The highest BCUT2D eigenvalue weighted by Gasteiger charge is 2.13. The lowest BCUT2D eigenvalue weighted by atomic mass is 10.2. The number of hydrogen-bond acceptors (Lipinski definition) is 5. The van der Waals surface area contributed by atoms with E-state index in [1.807, 2.05) is 36.7 Å². The number of aromatic nitrogens is 2. The van der Waals surface area contributed by atoms with Crippen LogP contribution in [0.15, 0.2) is 34.2 Å². The average molecular weight is 287 g/mol.